The summed E-state index contributed by atoms with van der Waals surface area (Å²) in [6.07, 6.45) is 0.816. The van der Waals surface area contributed by atoms with Crippen LogP contribution in [-0.4, -0.2) is 37.0 Å². The van der Waals surface area contributed by atoms with Gasteiger partial charge in [0.2, 0.25) is 0 Å². The predicted octanol–water partition coefficient (Wildman–Crippen LogP) is 2.95. The first-order valence-electron chi connectivity index (χ1n) is 7.19. The summed E-state index contributed by atoms with van der Waals surface area (Å²) >= 11 is 0. The lowest BCUT2D eigenvalue weighted by atomic mass is 10.0. The minimum atomic E-state index is 0. The minimum absolute atomic E-state index is 0. The molecule has 1 aromatic rings. The first-order valence-corrected chi connectivity index (χ1v) is 7.19. The van der Waals surface area contributed by atoms with E-state index in [1.54, 1.807) is 17.0 Å². The smallest absolute Gasteiger partial charge is 0.253 e. The van der Waals surface area contributed by atoms with Crippen molar-refractivity contribution in [3.8, 4) is 5.75 Å². The molecule has 21 heavy (non-hydrogen) atoms. The molecule has 2 N–H and O–H groups in total. The molecule has 0 spiro atoms. The SMILES string of the molecule is CCOc1ccc(C(=O)N(C)CCC(N)C(C)C)cc1.Cl. The molecule has 0 radical (unpaired) electrons. The van der Waals surface area contributed by atoms with Crippen molar-refractivity contribution in [2.24, 2.45) is 11.7 Å². The average Bonchev–Trinajstić information content (AvgIpc) is 2.44. The summed E-state index contributed by atoms with van der Waals surface area (Å²) in [7, 11) is 1.81. The molecule has 1 atom stereocenters. The van der Waals surface area contributed by atoms with E-state index in [0.717, 1.165) is 12.2 Å². The van der Waals surface area contributed by atoms with Gasteiger partial charge in [0, 0.05) is 25.2 Å². The van der Waals surface area contributed by atoms with Crippen LogP contribution in [0.1, 0.15) is 37.6 Å². The zero-order valence-electron chi connectivity index (χ0n) is 13.3. The van der Waals surface area contributed by atoms with Crippen LogP contribution in [0.15, 0.2) is 24.3 Å². The fourth-order valence-electron chi connectivity index (χ4n) is 1.86. The number of rotatable bonds is 7. The second-order valence-corrected chi connectivity index (χ2v) is 5.38. The van der Waals surface area contributed by atoms with Crippen LogP contribution in [0.4, 0.5) is 0 Å². The standard InChI is InChI=1S/C16H26N2O2.ClH/c1-5-20-14-8-6-13(7-9-14)16(19)18(4)11-10-15(17)12(2)3;/h6-9,12,15H,5,10-11,17H2,1-4H3;1H. The number of hydrogen-bond donors (Lipinski definition) is 1. The Bertz CT molecular complexity index is 421. The third-order valence-electron chi connectivity index (χ3n) is 3.41. The van der Waals surface area contributed by atoms with Crippen LogP contribution in [-0.2, 0) is 0 Å². The number of carbonyl (C=O) groups excluding carboxylic acids is 1. The normalized spacial score (nSPS) is 11.7. The highest BCUT2D eigenvalue weighted by Gasteiger charge is 2.14. The quantitative estimate of drug-likeness (QED) is 0.842. The Kier molecular flexibility index (Phi) is 9.06. The molecule has 0 bridgehead atoms. The van der Waals surface area contributed by atoms with E-state index in [4.69, 9.17) is 10.5 Å². The molecule has 0 aliphatic rings. The highest BCUT2D eigenvalue weighted by Crippen LogP contribution is 2.14. The van der Waals surface area contributed by atoms with Gasteiger partial charge < -0.3 is 15.4 Å². The van der Waals surface area contributed by atoms with Crippen molar-refractivity contribution < 1.29 is 9.53 Å². The maximum atomic E-state index is 12.2. The van der Waals surface area contributed by atoms with Gasteiger partial charge in [-0.05, 0) is 43.5 Å². The van der Waals surface area contributed by atoms with E-state index in [2.05, 4.69) is 13.8 Å². The van der Waals surface area contributed by atoms with Crippen LogP contribution in [0.5, 0.6) is 5.75 Å². The van der Waals surface area contributed by atoms with Crippen LogP contribution < -0.4 is 10.5 Å². The highest BCUT2D eigenvalue weighted by molar-refractivity contribution is 5.94. The van der Waals surface area contributed by atoms with E-state index in [1.807, 2.05) is 26.1 Å². The maximum absolute atomic E-state index is 12.2. The maximum Gasteiger partial charge on any atom is 0.253 e. The summed E-state index contributed by atoms with van der Waals surface area (Å²) in [5.74, 6) is 1.24. The second-order valence-electron chi connectivity index (χ2n) is 5.38. The van der Waals surface area contributed by atoms with Crippen LogP contribution in [0.2, 0.25) is 0 Å². The zero-order valence-corrected chi connectivity index (χ0v) is 14.2. The second kappa shape index (κ2) is 9.64. The summed E-state index contributed by atoms with van der Waals surface area (Å²) in [4.78, 5) is 14.0. The lowest BCUT2D eigenvalue weighted by Crippen LogP contribution is -2.34. The summed E-state index contributed by atoms with van der Waals surface area (Å²) in [5, 5.41) is 0. The van der Waals surface area contributed by atoms with Gasteiger partial charge in [0.1, 0.15) is 5.75 Å². The van der Waals surface area contributed by atoms with E-state index < -0.39 is 0 Å². The molecule has 0 saturated carbocycles. The first kappa shape index (κ1) is 19.7. The molecule has 1 aromatic carbocycles. The van der Waals surface area contributed by atoms with Gasteiger partial charge in [-0.1, -0.05) is 13.8 Å². The minimum Gasteiger partial charge on any atom is -0.494 e. The van der Waals surface area contributed by atoms with Crippen molar-refractivity contribution >= 4 is 18.3 Å². The molecule has 0 aliphatic carbocycles. The lowest BCUT2D eigenvalue weighted by molar-refractivity contribution is 0.0789. The van der Waals surface area contributed by atoms with Crippen LogP contribution in [0.25, 0.3) is 0 Å². The van der Waals surface area contributed by atoms with Crippen molar-refractivity contribution in [2.45, 2.75) is 33.2 Å². The molecule has 0 heterocycles. The van der Waals surface area contributed by atoms with Crippen LogP contribution in [0, 0.1) is 5.92 Å². The molecule has 0 fully saturated rings. The van der Waals surface area contributed by atoms with Gasteiger partial charge in [0.15, 0.2) is 0 Å². The number of nitrogens with zero attached hydrogens (tertiary/aromatic N) is 1. The molecule has 5 heteroatoms. The molecule has 0 aliphatic heterocycles. The molecule has 120 valence electrons. The molecule has 0 aromatic heterocycles. The third kappa shape index (κ3) is 6.36. The Balaban J connectivity index is 0.00000400. The highest BCUT2D eigenvalue weighted by atomic mass is 35.5. The number of nitrogens with two attached hydrogens (primary N) is 1. The Hall–Kier alpha value is -1.26. The summed E-state index contributed by atoms with van der Waals surface area (Å²) in [6, 6.07) is 7.37. The van der Waals surface area contributed by atoms with Crippen molar-refractivity contribution in [1.29, 1.82) is 0 Å². The van der Waals surface area contributed by atoms with Crippen molar-refractivity contribution in [3.05, 3.63) is 29.8 Å². The number of halogens is 1. The van der Waals surface area contributed by atoms with Gasteiger partial charge >= 0.3 is 0 Å². The van der Waals surface area contributed by atoms with Crippen molar-refractivity contribution in [3.63, 3.8) is 0 Å². The molecule has 1 rings (SSSR count). The summed E-state index contributed by atoms with van der Waals surface area (Å²) < 4.78 is 5.36. The zero-order chi connectivity index (χ0) is 15.1. The van der Waals surface area contributed by atoms with Crippen molar-refractivity contribution in [1.82, 2.24) is 4.90 Å². The van der Waals surface area contributed by atoms with Gasteiger partial charge in [0.05, 0.1) is 6.61 Å². The molecule has 0 saturated heterocycles. The van der Waals surface area contributed by atoms with Gasteiger partial charge in [-0.25, -0.2) is 0 Å². The molecule has 1 unspecified atom stereocenters. The Morgan fingerprint density at radius 2 is 1.86 bits per heavy atom. The van der Waals surface area contributed by atoms with Crippen LogP contribution in [0.3, 0.4) is 0 Å². The fourth-order valence-corrected chi connectivity index (χ4v) is 1.86. The monoisotopic (exact) mass is 314 g/mol. The Labute approximate surface area is 134 Å². The molecular weight excluding hydrogens is 288 g/mol. The van der Waals surface area contributed by atoms with Gasteiger partial charge in [-0.15, -0.1) is 12.4 Å². The first-order chi connectivity index (χ1) is 9.45. The number of carbonyl (C=O) groups is 1. The average molecular weight is 315 g/mol. The van der Waals surface area contributed by atoms with E-state index in [1.165, 1.54) is 0 Å². The lowest BCUT2D eigenvalue weighted by Gasteiger charge is -2.21. The molecule has 4 nitrogen and oxygen atoms in total. The molecule has 1 amide bonds. The largest absolute Gasteiger partial charge is 0.494 e. The topological polar surface area (TPSA) is 55.6 Å². The predicted molar refractivity (Wildman–Crippen MR) is 89.2 cm³/mol. The van der Waals surface area contributed by atoms with Gasteiger partial charge in [0.25, 0.3) is 5.91 Å². The number of benzene rings is 1. The Morgan fingerprint density at radius 1 is 1.29 bits per heavy atom. The fraction of sp³-hybridized carbons (Fsp3) is 0.562. The van der Waals surface area contributed by atoms with Gasteiger partial charge in [-0.3, -0.25) is 4.79 Å². The number of amides is 1. The number of hydrogen-bond acceptors (Lipinski definition) is 3. The third-order valence-corrected chi connectivity index (χ3v) is 3.41. The summed E-state index contributed by atoms with van der Waals surface area (Å²) in [5.41, 5.74) is 6.68. The van der Waals surface area contributed by atoms with Crippen molar-refractivity contribution in [2.75, 3.05) is 20.2 Å². The van der Waals surface area contributed by atoms with Crippen LogP contribution >= 0.6 is 12.4 Å². The van der Waals surface area contributed by atoms with Gasteiger partial charge in [-0.2, -0.15) is 0 Å². The Morgan fingerprint density at radius 3 is 2.33 bits per heavy atom. The van der Waals surface area contributed by atoms with E-state index in [-0.39, 0.29) is 24.4 Å². The number of ether oxygens (including phenoxy) is 1. The van der Waals surface area contributed by atoms with E-state index in [0.29, 0.717) is 24.6 Å². The van der Waals surface area contributed by atoms with E-state index in [9.17, 15) is 4.79 Å². The van der Waals surface area contributed by atoms with E-state index >= 15 is 0 Å². The molecular formula is C16H27ClN2O2. The summed E-state index contributed by atoms with van der Waals surface area (Å²) in [6.45, 7) is 7.42.